The topological polar surface area (TPSA) is 70.8 Å². The summed E-state index contributed by atoms with van der Waals surface area (Å²) in [7, 11) is 0. The smallest absolute Gasteiger partial charge is 0.300 e. The molecule has 1 N–H and O–H groups in total. The van der Waals surface area contributed by atoms with Crippen molar-refractivity contribution in [2.75, 3.05) is 4.90 Å². The number of Topliss-reactive ketones (excluding diaryl/α,β-unsaturated/α-hetero) is 1. The SMILES string of the molecule is Cc1ccc(N2C(=O)C(=O)/C(=C(\O)c3ccc4c(c3)CCCC4)C2c2ccc(C)o2)c(C)c1. The number of aliphatic hydroxyl groups excluding tert-OH is 1. The summed E-state index contributed by atoms with van der Waals surface area (Å²) in [5.74, 6) is -0.408. The van der Waals surface area contributed by atoms with E-state index in [0.717, 1.165) is 36.8 Å². The van der Waals surface area contributed by atoms with Gasteiger partial charge in [-0.3, -0.25) is 14.5 Å². The van der Waals surface area contributed by atoms with E-state index in [2.05, 4.69) is 0 Å². The van der Waals surface area contributed by atoms with Gasteiger partial charge in [0.1, 0.15) is 23.3 Å². The second-order valence-corrected chi connectivity index (χ2v) is 9.10. The van der Waals surface area contributed by atoms with E-state index in [1.165, 1.54) is 16.0 Å². The Morgan fingerprint density at radius 1 is 0.939 bits per heavy atom. The molecule has 1 amide bonds. The Labute approximate surface area is 193 Å². The number of carbonyl (C=O) groups excluding carboxylic acids is 2. The van der Waals surface area contributed by atoms with E-state index in [0.29, 0.717) is 22.8 Å². The highest BCUT2D eigenvalue weighted by Crippen LogP contribution is 2.44. The largest absolute Gasteiger partial charge is 0.507 e. The number of fused-ring (bicyclic) bond motifs is 1. The molecule has 0 saturated carbocycles. The zero-order chi connectivity index (χ0) is 23.3. The van der Waals surface area contributed by atoms with E-state index in [4.69, 9.17) is 4.42 Å². The molecule has 0 bridgehead atoms. The average Bonchev–Trinajstić information content (AvgIpc) is 3.34. The molecule has 1 saturated heterocycles. The summed E-state index contributed by atoms with van der Waals surface area (Å²) in [4.78, 5) is 28.1. The standard InChI is InChI=1S/C28H27NO4/c1-16-8-12-22(17(2)14-16)29-25(23-13-9-18(3)33-23)24(27(31)28(29)32)26(30)21-11-10-19-6-4-5-7-20(19)15-21/h8-15,25,30H,4-7H2,1-3H3/b26-24-. The van der Waals surface area contributed by atoms with Gasteiger partial charge in [0.2, 0.25) is 0 Å². The lowest BCUT2D eigenvalue weighted by Gasteiger charge is -2.25. The summed E-state index contributed by atoms with van der Waals surface area (Å²) in [6, 6.07) is 14.3. The molecular weight excluding hydrogens is 414 g/mol. The van der Waals surface area contributed by atoms with Gasteiger partial charge >= 0.3 is 0 Å². The molecule has 0 radical (unpaired) electrons. The normalized spacial score (nSPS) is 19.7. The minimum absolute atomic E-state index is 0.0603. The van der Waals surface area contributed by atoms with Gasteiger partial charge in [-0.1, -0.05) is 29.8 Å². The lowest BCUT2D eigenvalue weighted by atomic mass is 9.89. The predicted molar refractivity (Wildman–Crippen MR) is 127 cm³/mol. The van der Waals surface area contributed by atoms with E-state index in [9.17, 15) is 14.7 Å². The molecule has 1 aromatic heterocycles. The Bertz CT molecular complexity index is 1310. The molecule has 5 heteroatoms. The van der Waals surface area contributed by atoms with Crippen molar-refractivity contribution in [3.63, 3.8) is 0 Å². The maximum atomic E-state index is 13.3. The number of benzene rings is 2. The number of amides is 1. The van der Waals surface area contributed by atoms with Crippen LogP contribution in [0.25, 0.3) is 5.76 Å². The summed E-state index contributed by atoms with van der Waals surface area (Å²) in [6.07, 6.45) is 4.25. The molecule has 2 aliphatic rings. The Morgan fingerprint density at radius 3 is 2.39 bits per heavy atom. The number of furan rings is 1. The Morgan fingerprint density at radius 2 is 1.70 bits per heavy atom. The lowest BCUT2D eigenvalue weighted by molar-refractivity contribution is -0.132. The van der Waals surface area contributed by atoms with Crippen LogP contribution in [0, 0.1) is 20.8 Å². The van der Waals surface area contributed by atoms with Gasteiger partial charge in [0.15, 0.2) is 0 Å². The third kappa shape index (κ3) is 3.58. The first-order valence-electron chi connectivity index (χ1n) is 11.4. The number of anilines is 1. The van der Waals surface area contributed by atoms with Crippen LogP contribution in [0.4, 0.5) is 5.69 Å². The number of ketones is 1. The summed E-state index contributed by atoms with van der Waals surface area (Å²) in [5.41, 5.74) is 5.66. The van der Waals surface area contributed by atoms with Crippen molar-refractivity contribution in [2.45, 2.75) is 52.5 Å². The molecule has 1 aliphatic heterocycles. The minimum Gasteiger partial charge on any atom is -0.507 e. The first kappa shape index (κ1) is 21.3. The quantitative estimate of drug-likeness (QED) is 0.321. The van der Waals surface area contributed by atoms with E-state index in [1.807, 2.05) is 57.2 Å². The Balaban J connectivity index is 1.70. The summed E-state index contributed by atoms with van der Waals surface area (Å²) < 4.78 is 5.89. The van der Waals surface area contributed by atoms with Gasteiger partial charge in [-0.15, -0.1) is 0 Å². The van der Waals surface area contributed by atoms with Gasteiger partial charge in [-0.25, -0.2) is 0 Å². The minimum atomic E-state index is -0.837. The highest BCUT2D eigenvalue weighted by molar-refractivity contribution is 6.51. The number of carbonyl (C=O) groups is 2. The van der Waals surface area contributed by atoms with Crippen LogP contribution >= 0.6 is 0 Å². The fourth-order valence-corrected chi connectivity index (χ4v) is 5.06. The summed E-state index contributed by atoms with van der Waals surface area (Å²) in [5, 5.41) is 11.4. The second kappa shape index (κ2) is 8.07. The van der Waals surface area contributed by atoms with E-state index in [1.54, 1.807) is 12.1 Å². The van der Waals surface area contributed by atoms with Gasteiger partial charge in [0, 0.05) is 11.3 Å². The van der Waals surface area contributed by atoms with Crippen LogP contribution in [0.5, 0.6) is 0 Å². The van der Waals surface area contributed by atoms with Crippen molar-refractivity contribution in [2.24, 2.45) is 0 Å². The molecule has 5 nitrogen and oxygen atoms in total. The van der Waals surface area contributed by atoms with Gasteiger partial charge in [0.05, 0.1) is 5.57 Å². The number of aryl methyl sites for hydroxylation is 5. The van der Waals surface area contributed by atoms with Crippen LogP contribution in [0.1, 0.15) is 58.2 Å². The first-order chi connectivity index (χ1) is 15.8. The van der Waals surface area contributed by atoms with Crippen molar-refractivity contribution in [1.29, 1.82) is 0 Å². The van der Waals surface area contributed by atoms with Gasteiger partial charge in [-0.2, -0.15) is 0 Å². The van der Waals surface area contributed by atoms with Crippen LogP contribution in [-0.2, 0) is 22.4 Å². The number of hydrogen-bond acceptors (Lipinski definition) is 4. The molecule has 2 heterocycles. The highest BCUT2D eigenvalue weighted by atomic mass is 16.3. The maximum Gasteiger partial charge on any atom is 0.300 e. The molecular formula is C28H27NO4. The third-order valence-corrected chi connectivity index (χ3v) is 6.71. The highest BCUT2D eigenvalue weighted by Gasteiger charge is 2.48. The second-order valence-electron chi connectivity index (χ2n) is 9.10. The van der Waals surface area contributed by atoms with Crippen molar-refractivity contribution in [1.82, 2.24) is 0 Å². The van der Waals surface area contributed by atoms with Crippen LogP contribution in [0.15, 0.2) is 58.5 Å². The fraction of sp³-hybridized carbons (Fsp3) is 0.286. The molecule has 3 aromatic rings. The first-order valence-corrected chi connectivity index (χ1v) is 11.4. The monoisotopic (exact) mass is 441 g/mol. The number of aliphatic hydroxyl groups is 1. The Hall–Kier alpha value is -3.60. The number of rotatable bonds is 3. The maximum absolute atomic E-state index is 13.3. The van der Waals surface area contributed by atoms with E-state index < -0.39 is 17.7 Å². The average molecular weight is 442 g/mol. The summed E-state index contributed by atoms with van der Waals surface area (Å²) >= 11 is 0. The van der Waals surface area contributed by atoms with Crippen molar-refractivity contribution in [3.8, 4) is 0 Å². The van der Waals surface area contributed by atoms with Gasteiger partial charge in [-0.05, 0) is 87.4 Å². The van der Waals surface area contributed by atoms with Crippen molar-refractivity contribution in [3.05, 3.63) is 93.4 Å². The van der Waals surface area contributed by atoms with Crippen molar-refractivity contribution >= 4 is 23.1 Å². The molecule has 168 valence electrons. The molecule has 1 fully saturated rings. The molecule has 1 aliphatic carbocycles. The van der Waals surface area contributed by atoms with E-state index >= 15 is 0 Å². The third-order valence-electron chi connectivity index (χ3n) is 6.71. The Kier molecular flexibility index (Phi) is 5.20. The van der Waals surface area contributed by atoms with Crippen LogP contribution < -0.4 is 4.90 Å². The van der Waals surface area contributed by atoms with Crippen LogP contribution in [0.2, 0.25) is 0 Å². The molecule has 1 unspecified atom stereocenters. The molecule has 1 atom stereocenters. The molecule has 2 aromatic carbocycles. The molecule has 5 rings (SSSR count). The number of nitrogens with zero attached hydrogens (tertiary/aromatic N) is 1. The lowest BCUT2D eigenvalue weighted by Crippen LogP contribution is -2.30. The number of hydrogen-bond donors (Lipinski definition) is 1. The van der Waals surface area contributed by atoms with Crippen LogP contribution in [-0.4, -0.2) is 16.8 Å². The van der Waals surface area contributed by atoms with E-state index in [-0.39, 0.29) is 11.3 Å². The molecule has 33 heavy (non-hydrogen) atoms. The summed E-state index contributed by atoms with van der Waals surface area (Å²) in [6.45, 7) is 5.71. The van der Waals surface area contributed by atoms with Gasteiger partial charge in [0.25, 0.3) is 11.7 Å². The van der Waals surface area contributed by atoms with Crippen molar-refractivity contribution < 1.29 is 19.1 Å². The zero-order valence-electron chi connectivity index (χ0n) is 19.1. The fourth-order valence-electron chi connectivity index (χ4n) is 5.06. The predicted octanol–water partition coefficient (Wildman–Crippen LogP) is 5.71. The molecule has 0 spiro atoms. The van der Waals surface area contributed by atoms with Crippen LogP contribution in [0.3, 0.4) is 0 Å². The zero-order valence-corrected chi connectivity index (χ0v) is 19.1. The van der Waals surface area contributed by atoms with Gasteiger partial charge < -0.3 is 9.52 Å².